The molecule has 0 spiro atoms. The minimum atomic E-state index is -0.829. The number of benzene rings is 2. The Bertz CT molecular complexity index is 956. The molecule has 0 saturated carbocycles. The predicted molar refractivity (Wildman–Crippen MR) is 120 cm³/mol. The number of amides is 4. The van der Waals surface area contributed by atoms with Gasteiger partial charge in [-0.15, -0.1) is 0 Å². The van der Waals surface area contributed by atoms with Gasteiger partial charge in [0.1, 0.15) is 11.8 Å². The van der Waals surface area contributed by atoms with Crippen molar-refractivity contribution in [1.29, 1.82) is 0 Å². The molecule has 0 aliphatic carbocycles. The Morgan fingerprint density at radius 2 is 1.84 bits per heavy atom. The van der Waals surface area contributed by atoms with Crippen LogP contribution in [0.2, 0.25) is 0 Å². The fourth-order valence-electron chi connectivity index (χ4n) is 3.55. The maximum Gasteiger partial charge on any atom is 0.332 e. The van der Waals surface area contributed by atoms with E-state index in [2.05, 4.69) is 19.2 Å². The third-order valence-electron chi connectivity index (χ3n) is 5.28. The zero-order valence-electron chi connectivity index (χ0n) is 18.4. The first-order valence-corrected chi connectivity index (χ1v) is 10.4. The fraction of sp³-hybridized carbons (Fsp3) is 0.375. The molecule has 1 aliphatic heterocycles. The standard InChI is InChI=1S/C24H29N3O4/c1-16(2)12-13-26-21(15-22(28)25-18-8-10-20(31-4)11-9-18)23(29)27(24(26)30)19-7-5-6-17(3)14-19/h5-11,14,16,21H,12-13,15H2,1-4H3,(H,25,28)/t21-/m1/s1. The number of aryl methyl sites for hydroxylation is 1. The van der Waals surface area contributed by atoms with Crippen molar-refractivity contribution in [3.8, 4) is 5.75 Å². The largest absolute Gasteiger partial charge is 0.497 e. The molecule has 1 N–H and O–H groups in total. The first kappa shape index (κ1) is 22.3. The first-order chi connectivity index (χ1) is 14.8. The van der Waals surface area contributed by atoms with Crippen LogP contribution in [0.3, 0.4) is 0 Å². The molecule has 2 aromatic rings. The minimum Gasteiger partial charge on any atom is -0.497 e. The average molecular weight is 424 g/mol. The zero-order chi connectivity index (χ0) is 22.5. The maximum atomic E-state index is 13.2. The lowest BCUT2D eigenvalue weighted by atomic mass is 10.1. The number of methoxy groups -OCH3 is 1. The summed E-state index contributed by atoms with van der Waals surface area (Å²) < 4.78 is 5.12. The van der Waals surface area contributed by atoms with Crippen molar-refractivity contribution in [3.05, 3.63) is 54.1 Å². The van der Waals surface area contributed by atoms with Gasteiger partial charge in [0.2, 0.25) is 5.91 Å². The lowest BCUT2D eigenvalue weighted by Gasteiger charge is -2.22. The van der Waals surface area contributed by atoms with Crippen LogP contribution in [-0.4, -0.2) is 42.4 Å². The molecule has 31 heavy (non-hydrogen) atoms. The molecule has 0 aromatic heterocycles. The van der Waals surface area contributed by atoms with Crippen LogP contribution in [0, 0.1) is 12.8 Å². The van der Waals surface area contributed by atoms with Gasteiger partial charge >= 0.3 is 6.03 Å². The lowest BCUT2D eigenvalue weighted by molar-refractivity contribution is -0.124. The molecule has 1 aliphatic rings. The summed E-state index contributed by atoms with van der Waals surface area (Å²) in [5, 5.41) is 2.80. The van der Waals surface area contributed by atoms with Gasteiger partial charge in [0.05, 0.1) is 19.2 Å². The Morgan fingerprint density at radius 3 is 2.45 bits per heavy atom. The molecule has 7 nitrogen and oxygen atoms in total. The molecule has 7 heteroatoms. The van der Waals surface area contributed by atoms with Gasteiger partial charge in [-0.25, -0.2) is 9.69 Å². The number of carbonyl (C=O) groups excluding carboxylic acids is 3. The van der Waals surface area contributed by atoms with E-state index in [0.717, 1.165) is 12.0 Å². The monoisotopic (exact) mass is 423 g/mol. The fourth-order valence-corrected chi connectivity index (χ4v) is 3.55. The van der Waals surface area contributed by atoms with Crippen molar-refractivity contribution in [2.24, 2.45) is 5.92 Å². The van der Waals surface area contributed by atoms with E-state index < -0.39 is 6.04 Å². The third-order valence-corrected chi connectivity index (χ3v) is 5.28. The highest BCUT2D eigenvalue weighted by atomic mass is 16.5. The summed E-state index contributed by atoms with van der Waals surface area (Å²) in [5.41, 5.74) is 2.09. The highest BCUT2D eigenvalue weighted by molar-refractivity contribution is 6.22. The second-order valence-corrected chi connectivity index (χ2v) is 8.17. The number of hydrogen-bond acceptors (Lipinski definition) is 4. The quantitative estimate of drug-likeness (QED) is 0.645. The maximum absolute atomic E-state index is 13.2. The third kappa shape index (κ3) is 5.23. The van der Waals surface area contributed by atoms with Crippen LogP contribution in [0.1, 0.15) is 32.3 Å². The van der Waals surface area contributed by atoms with Crippen LogP contribution in [0.15, 0.2) is 48.5 Å². The number of anilines is 2. The van der Waals surface area contributed by atoms with Gasteiger partial charge in [-0.3, -0.25) is 9.59 Å². The summed E-state index contributed by atoms with van der Waals surface area (Å²) in [4.78, 5) is 41.8. The number of carbonyl (C=O) groups is 3. The van der Waals surface area contributed by atoms with E-state index in [1.807, 2.05) is 19.1 Å². The molecule has 0 bridgehead atoms. The smallest absolute Gasteiger partial charge is 0.332 e. The Morgan fingerprint density at radius 1 is 1.13 bits per heavy atom. The van der Waals surface area contributed by atoms with Crippen molar-refractivity contribution >= 4 is 29.2 Å². The lowest BCUT2D eigenvalue weighted by Crippen LogP contribution is -2.39. The van der Waals surface area contributed by atoms with E-state index in [-0.39, 0.29) is 24.3 Å². The van der Waals surface area contributed by atoms with Crippen LogP contribution < -0.4 is 15.0 Å². The Kier molecular flexibility index (Phi) is 6.95. The molecule has 1 saturated heterocycles. The molecular weight excluding hydrogens is 394 g/mol. The van der Waals surface area contributed by atoms with Crippen LogP contribution in [0.25, 0.3) is 0 Å². The summed E-state index contributed by atoms with van der Waals surface area (Å²) >= 11 is 0. The zero-order valence-corrected chi connectivity index (χ0v) is 18.4. The molecule has 2 aromatic carbocycles. The molecule has 1 fully saturated rings. The highest BCUT2D eigenvalue weighted by Gasteiger charge is 2.46. The van der Waals surface area contributed by atoms with Crippen molar-refractivity contribution < 1.29 is 19.1 Å². The molecule has 4 amide bonds. The number of nitrogens with one attached hydrogen (secondary N) is 1. The molecular formula is C24H29N3O4. The first-order valence-electron chi connectivity index (χ1n) is 10.4. The topological polar surface area (TPSA) is 79.0 Å². The van der Waals surface area contributed by atoms with Gasteiger partial charge in [0.15, 0.2) is 0 Å². The van der Waals surface area contributed by atoms with E-state index >= 15 is 0 Å². The number of hydrogen-bond donors (Lipinski definition) is 1. The SMILES string of the molecule is COc1ccc(NC(=O)C[C@@H]2C(=O)N(c3cccc(C)c3)C(=O)N2CCC(C)C)cc1. The number of rotatable bonds is 8. The van der Waals surface area contributed by atoms with E-state index in [1.54, 1.807) is 43.5 Å². The van der Waals surface area contributed by atoms with Crippen molar-refractivity contribution in [1.82, 2.24) is 4.90 Å². The van der Waals surface area contributed by atoms with Crippen LogP contribution in [0.5, 0.6) is 5.75 Å². The summed E-state index contributed by atoms with van der Waals surface area (Å²) in [5.74, 6) is 0.356. The number of imide groups is 1. The average Bonchev–Trinajstić information content (AvgIpc) is 2.96. The van der Waals surface area contributed by atoms with Gasteiger partial charge in [0.25, 0.3) is 5.91 Å². The predicted octanol–water partition coefficient (Wildman–Crippen LogP) is 4.22. The number of urea groups is 1. The number of nitrogens with zero attached hydrogens (tertiary/aromatic N) is 2. The van der Waals surface area contributed by atoms with Gasteiger partial charge in [-0.05, 0) is 61.2 Å². The second kappa shape index (κ2) is 9.64. The minimum absolute atomic E-state index is 0.100. The molecule has 0 unspecified atom stereocenters. The highest BCUT2D eigenvalue weighted by Crippen LogP contribution is 2.28. The van der Waals surface area contributed by atoms with Crippen molar-refractivity contribution in [2.75, 3.05) is 23.9 Å². The second-order valence-electron chi connectivity index (χ2n) is 8.17. The van der Waals surface area contributed by atoms with E-state index in [1.165, 1.54) is 9.80 Å². The van der Waals surface area contributed by atoms with E-state index in [4.69, 9.17) is 4.74 Å². The van der Waals surface area contributed by atoms with Crippen LogP contribution in [0.4, 0.5) is 16.2 Å². The molecule has 1 atom stereocenters. The normalized spacial score (nSPS) is 16.2. The molecule has 164 valence electrons. The summed E-state index contributed by atoms with van der Waals surface area (Å²) in [6, 6.07) is 13.0. The summed E-state index contributed by atoms with van der Waals surface area (Å²) in [7, 11) is 1.57. The van der Waals surface area contributed by atoms with Gasteiger partial charge in [-0.2, -0.15) is 0 Å². The van der Waals surface area contributed by atoms with Gasteiger partial charge < -0.3 is 15.0 Å². The molecule has 0 radical (unpaired) electrons. The summed E-state index contributed by atoms with van der Waals surface area (Å²) in [6.07, 6.45) is 0.647. The molecule has 3 rings (SSSR count). The van der Waals surface area contributed by atoms with Gasteiger partial charge in [0, 0.05) is 12.2 Å². The van der Waals surface area contributed by atoms with Crippen molar-refractivity contribution in [3.63, 3.8) is 0 Å². The van der Waals surface area contributed by atoms with Gasteiger partial charge in [-0.1, -0.05) is 26.0 Å². The Balaban J connectivity index is 1.79. The number of ether oxygens (including phenoxy) is 1. The van der Waals surface area contributed by atoms with Crippen molar-refractivity contribution in [2.45, 2.75) is 39.7 Å². The molecule has 1 heterocycles. The Hall–Kier alpha value is -3.35. The van der Waals surface area contributed by atoms with Crippen LogP contribution >= 0.6 is 0 Å². The van der Waals surface area contributed by atoms with E-state index in [9.17, 15) is 14.4 Å². The van der Waals surface area contributed by atoms with E-state index in [0.29, 0.717) is 29.6 Å². The summed E-state index contributed by atoms with van der Waals surface area (Å²) in [6.45, 7) is 6.45. The van der Waals surface area contributed by atoms with Crippen LogP contribution in [-0.2, 0) is 9.59 Å². The Labute approximate surface area is 183 Å².